The summed E-state index contributed by atoms with van der Waals surface area (Å²) in [6.07, 6.45) is 1.45. The fourth-order valence-electron chi connectivity index (χ4n) is 0.585. The van der Waals surface area contributed by atoms with Gasteiger partial charge >= 0.3 is 0 Å². The molecule has 0 aliphatic carbocycles. The average molecular weight is 156 g/mol. The number of hydrogen-bond donors (Lipinski definition) is 1. The number of anilines is 1. The highest BCUT2D eigenvalue weighted by Crippen LogP contribution is 2.02. The van der Waals surface area contributed by atoms with Gasteiger partial charge in [0.15, 0.2) is 0 Å². The molecule has 1 amide bonds. The van der Waals surface area contributed by atoms with Crippen molar-refractivity contribution in [3.05, 3.63) is 12.3 Å². The molecule has 0 saturated heterocycles. The Bertz CT molecular complexity index is 220. The van der Waals surface area contributed by atoms with Crippen molar-refractivity contribution in [2.45, 2.75) is 0 Å². The molecule has 0 spiro atoms. The summed E-state index contributed by atoms with van der Waals surface area (Å²) in [6.45, 7) is 0.0146. The molecule has 11 heavy (non-hydrogen) atoms. The van der Waals surface area contributed by atoms with Crippen LogP contribution >= 0.6 is 0 Å². The van der Waals surface area contributed by atoms with Gasteiger partial charge in [-0.15, -0.1) is 0 Å². The molecule has 60 valence electrons. The van der Waals surface area contributed by atoms with Crippen LogP contribution in [0.25, 0.3) is 0 Å². The second kappa shape index (κ2) is 3.72. The number of methoxy groups -OCH3 is 1. The summed E-state index contributed by atoms with van der Waals surface area (Å²) in [6, 6.07) is 1.55. The zero-order valence-corrected chi connectivity index (χ0v) is 6.03. The van der Waals surface area contributed by atoms with Gasteiger partial charge in [0, 0.05) is 13.2 Å². The van der Waals surface area contributed by atoms with Crippen LogP contribution in [0.3, 0.4) is 0 Å². The van der Waals surface area contributed by atoms with Crippen LogP contribution in [0.5, 0.6) is 0 Å². The highest BCUT2D eigenvalue weighted by atomic mass is 16.5. The van der Waals surface area contributed by atoms with Gasteiger partial charge in [-0.2, -0.15) is 0 Å². The topological polar surface area (TPSA) is 64.4 Å². The van der Waals surface area contributed by atoms with Crippen molar-refractivity contribution in [1.82, 2.24) is 5.16 Å². The van der Waals surface area contributed by atoms with Crippen molar-refractivity contribution >= 4 is 11.8 Å². The molecule has 0 bridgehead atoms. The van der Waals surface area contributed by atoms with Crippen LogP contribution in [-0.4, -0.2) is 24.8 Å². The predicted octanol–water partition coefficient (Wildman–Crippen LogP) is 0.259. The molecule has 0 saturated carbocycles. The van der Waals surface area contributed by atoms with E-state index >= 15 is 0 Å². The number of carbonyl (C=O) groups is 1. The Morgan fingerprint density at radius 3 is 3.27 bits per heavy atom. The second-order valence-electron chi connectivity index (χ2n) is 1.86. The summed E-state index contributed by atoms with van der Waals surface area (Å²) in [7, 11) is 1.44. The lowest BCUT2D eigenvalue weighted by atomic mass is 10.6. The maximum absolute atomic E-state index is 10.8. The molecule has 1 aromatic heterocycles. The van der Waals surface area contributed by atoms with Crippen molar-refractivity contribution in [3.63, 3.8) is 0 Å². The molecule has 1 aromatic rings. The molecule has 1 N–H and O–H groups in total. The molecule has 5 nitrogen and oxygen atoms in total. The maximum Gasteiger partial charge on any atom is 0.252 e. The van der Waals surface area contributed by atoms with E-state index in [0.717, 1.165) is 0 Å². The Hall–Kier alpha value is -1.36. The monoisotopic (exact) mass is 156 g/mol. The summed E-state index contributed by atoms with van der Waals surface area (Å²) in [5.41, 5.74) is 0. The van der Waals surface area contributed by atoms with E-state index in [-0.39, 0.29) is 12.5 Å². The van der Waals surface area contributed by atoms with Crippen LogP contribution in [0.15, 0.2) is 16.8 Å². The molecular formula is C6H8N2O3. The first-order valence-electron chi connectivity index (χ1n) is 3.02. The first kappa shape index (κ1) is 7.74. The fourth-order valence-corrected chi connectivity index (χ4v) is 0.585. The Balaban J connectivity index is 2.37. The lowest BCUT2D eigenvalue weighted by molar-refractivity contribution is -0.119. The van der Waals surface area contributed by atoms with Crippen molar-refractivity contribution in [2.24, 2.45) is 0 Å². The Labute approximate surface area is 63.3 Å². The molecule has 0 aliphatic heterocycles. The van der Waals surface area contributed by atoms with E-state index in [1.165, 1.54) is 13.3 Å². The fraction of sp³-hybridized carbons (Fsp3) is 0.333. The van der Waals surface area contributed by atoms with Crippen LogP contribution in [0.2, 0.25) is 0 Å². The molecule has 0 aliphatic rings. The van der Waals surface area contributed by atoms with E-state index in [9.17, 15) is 4.79 Å². The largest absolute Gasteiger partial charge is 0.375 e. The highest BCUT2D eigenvalue weighted by Gasteiger charge is 2.02. The highest BCUT2D eigenvalue weighted by molar-refractivity contribution is 5.90. The third kappa shape index (κ3) is 2.38. The molecule has 0 fully saturated rings. The smallest absolute Gasteiger partial charge is 0.252 e. The van der Waals surface area contributed by atoms with Crippen molar-refractivity contribution in [3.8, 4) is 0 Å². The SMILES string of the molecule is COCC(=O)Nc1ccno1. The van der Waals surface area contributed by atoms with Gasteiger partial charge in [0.2, 0.25) is 5.88 Å². The van der Waals surface area contributed by atoms with E-state index in [1.54, 1.807) is 6.07 Å². The van der Waals surface area contributed by atoms with Gasteiger partial charge in [-0.3, -0.25) is 10.1 Å². The van der Waals surface area contributed by atoms with E-state index in [4.69, 9.17) is 0 Å². The first-order valence-corrected chi connectivity index (χ1v) is 3.02. The molecule has 1 rings (SSSR count). The first-order chi connectivity index (χ1) is 5.33. The minimum absolute atomic E-state index is 0.0146. The van der Waals surface area contributed by atoms with E-state index in [2.05, 4.69) is 19.7 Å². The molecule has 0 aromatic carbocycles. The molecule has 0 radical (unpaired) electrons. The van der Waals surface area contributed by atoms with Gasteiger partial charge in [0.25, 0.3) is 5.91 Å². The lowest BCUT2D eigenvalue weighted by Gasteiger charge is -1.97. The number of aromatic nitrogens is 1. The molecule has 0 unspecified atom stereocenters. The number of carbonyl (C=O) groups excluding carboxylic acids is 1. The van der Waals surface area contributed by atoms with E-state index < -0.39 is 0 Å². The predicted molar refractivity (Wildman–Crippen MR) is 37.0 cm³/mol. The average Bonchev–Trinajstić information content (AvgIpc) is 2.40. The van der Waals surface area contributed by atoms with Crippen LogP contribution in [0.4, 0.5) is 5.88 Å². The van der Waals surface area contributed by atoms with Crippen molar-refractivity contribution < 1.29 is 14.1 Å². The number of rotatable bonds is 3. The molecule has 1 heterocycles. The number of nitrogens with one attached hydrogen (secondary N) is 1. The van der Waals surface area contributed by atoms with Crippen molar-refractivity contribution in [2.75, 3.05) is 19.0 Å². The number of ether oxygens (including phenoxy) is 1. The van der Waals surface area contributed by atoms with E-state index in [0.29, 0.717) is 5.88 Å². The zero-order valence-electron chi connectivity index (χ0n) is 6.03. The van der Waals surface area contributed by atoms with Crippen LogP contribution < -0.4 is 5.32 Å². The Morgan fingerprint density at radius 1 is 1.91 bits per heavy atom. The summed E-state index contributed by atoms with van der Waals surface area (Å²) < 4.78 is 9.19. The molecule has 5 heteroatoms. The third-order valence-electron chi connectivity index (χ3n) is 0.976. The van der Waals surface area contributed by atoms with Gasteiger partial charge < -0.3 is 9.26 Å². The second-order valence-corrected chi connectivity index (χ2v) is 1.86. The maximum atomic E-state index is 10.8. The lowest BCUT2D eigenvalue weighted by Crippen LogP contribution is -2.16. The Kier molecular flexibility index (Phi) is 2.62. The minimum Gasteiger partial charge on any atom is -0.375 e. The van der Waals surface area contributed by atoms with Crippen molar-refractivity contribution in [1.29, 1.82) is 0 Å². The normalized spacial score (nSPS) is 9.55. The van der Waals surface area contributed by atoms with Crippen LogP contribution in [-0.2, 0) is 9.53 Å². The zero-order chi connectivity index (χ0) is 8.10. The number of nitrogens with zero attached hydrogens (tertiary/aromatic N) is 1. The standard InChI is InChI=1S/C6H8N2O3/c1-10-4-5(9)8-6-2-3-7-11-6/h2-3H,4H2,1H3,(H,8,9). The summed E-state index contributed by atoms with van der Waals surface area (Å²) in [5, 5.41) is 5.83. The number of hydrogen-bond acceptors (Lipinski definition) is 4. The summed E-state index contributed by atoms with van der Waals surface area (Å²) in [5.74, 6) is 0.0660. The van der Waals surface area contributed by atoms with Gasteiger partial charge in [0.05, 0.1) is 6.20 Å². The number of amides is 1. The molecular weight excluding hydrogens is 148 g/mol. The minimum atomic E-state index is -0.260. The third-order valence-corrected chi connectivity index (χ3v) is 0.976. The van der Waals surface area contributed by atoms with Gasteiger partial charge in [-0.1, -0.05) is 5.16 Å². The molecule has 0 atom stereocenters. The van der Waals surface area contributed by atoms with Gasteiger partial charge in [-0.25, -0.2) is 0 Å². The summed E-state index contributed by atoms with van der Waals surface area (Å²) in [4.78, 5) is 10.8. The van der Waals surface area contributed by atoms with Gasteiger partial charge in [-0.05, 0) is 0 Å². The summed E-state index contributed by atoms with van der Waals surface area (Å²) >= 11 is 0. The van der Waals surface area contributed by atoms with E-state index in [1.807, 2.05) is 0 Å². The van der Waals surface area contributed by atoms with Gasteiger partial charge in [0.1, 0.15) is 6.61 Å². The Morgan fingerprint density at radius 2 is 2.73 bits per heavy atom. The quantitative estimate of drug-likeness (QED) is 0.681. The van der Waals surface area contributed by atoms with Crippen LogP contribution in [0, 0.1) is 0 Å². The van der Waals surface area contributed by atoms with Crippen LogP contribution in [0.1, 0.15) is 0 Å².